The van der Waals surface area contributed by atoms with Gasteiger partial charge in [0.1, 0.15) is 0 Å². The first-order chi connectivity index (χ1) is 13.5. The number of non-ortho nitro benzene ring substituents is 1. The summed E-state index contributed by atoms with van der Waals surface area (Å²) >= 11 is 0. The fourth-order valence-electron chi connectivity index (χ4n) is 3.16. The number of nitro benzene ring substituents is 1. The predicted octanol–water partition coefficient (Wildman–Crippen LogP) is 4.10. The molecule has 1 heterocycles. The molecule has 0 bridgehead atoms. The van der Waals surface area contributed by atoms with E-state index < -0.39 is 40.2 Å². The lowest BCUT2D eigenvalue weighted by Gasteiger charge is -2.27. The molecule has 0 radical (unpaired) electrons. The lowest BCUT2D eigenvalue weighted by Crippen LogP contribution is -2.31. The normalized spacial score (nSPS) is 17.0. The molecule has 2 aromatic carbocycles. The summed E-state index contributed by atoms with van der Waals surface area (Å²) in [4.78, 5) is 35.8. The van der Waals surface area contributed by atoms with Crippen LogP contribution in [0.25, 0.3) is 0 Å². The van der Waals surface area contributed by atoms with E-state index in [2.05, 4.69) is 0 Å². The number of amides is 1. The van der Waals surface area contributed by atoms with Crippen LogP contribution in [-0.2, 0) is 15.8 Å². The van der Waals surface area contributed by atoms with E-state index in [9.17, 15) is 38.0 Å². The predicted molar refractivity (Wildman–Crippen MR) is 95.1 cm³/mol. The summed E-state index contributed by atoms with van der Waals surface area (Å²) in [5.74, 6) is -2.58. The van der Waals surface area contributed by atoms with Gasteiger partial charge in [0.25, 0.3) is 11.6 Å². The number of Topliss-reactive ketones (excluding diaryl/α,β-unsaturated/α-hetero) is 1. The number of rotatable bonds is 4. The van der Waals surface area contributed by atoms with Crippen molar-refractivity contribution in [2.45, 2.75) is 19.1 Å². The molecule has 0 fully saturated rings. The highest BCUT2D eigenvalue weighted by molar-refractivity contribution is 6.16. The molecule has 10 heteroatoms. The van der Waals surface area contributed by atoms with Crippen molar-refractivity contribution in [2.24, 2.45) is 0 Å². The Labute approximate surface area is 161 Å². The number of nitrogens with zero attached hydrogens (tertiary/aromatic N) is 2. The number of hydrogen-bond acceptors (Lipinski definition) is 5. The average Bonchev–Trinajstić information content (AvgIpc) is 2.92. The van der Waals surface area contributed by atoms with Crippen LogP contribution in [0.15, 0.2) is 59.9 Å². The van der Waals surface area contributed by atoms with Gasteiger partial charge in [-0.05, 0) is 42.8 Å². The molecule has 0 saturated heterocycles. The first-order valence-corrected chi connectivity index (χ1v) is 8.21. The number of halogens is 3. The number of nitro groups is 1. The molecule has 0 saturated carbocycles. The lowest BCUT2D eigenvalue weighted by molar-refractivity contribution is -0.384. The first kappa shape index (κ1) is 20.1. The fourth-order valence-corrected chi connectivity index (χ4v) is 3.16. The van der Waals surface area contributed by atoms with Gasteiger partial charge in [-0.2, -0.15) is 13.2 Å². The van der Waals surface area contributed by atoms with Crippen LogP contribution in [0.3, 0.4) is 0 Å². The molecule has 0 aromatic heterocycles. The van der Waals surface area contributed by atoms with E-state index >= 15 is 0 Å². The molecular weight excluding hydrogens is 393 g/mol. The van der Waals surface area contributed by atoms with Crippen LogP contribution < -0.4 is 4.90 Å². The monoisotopic (exact) mass is 406 g/mol. The summed E-state index contributed by atoms with van der Waals surface area (Å²) in [7, 11) is 0. The van der Waals surface area contributed by atoms with E-state index in [1.54, 1.807) is 0 Å². The molecular formula is C19H13F3N2O5. The molecule has 7 nitrogen and oxygen atoms in total. The summed E-state index contributed by atoms with van der Waals surface area (Å²) in [5, 5.41) is 21.1. The molecule has 150 valence electrons. The number of aliphatic hydroxyl groups is 1. The molecule has 1 N–H and O–H groups in total. The number of anilines is 1. The van der Waals surface area contributed by atoms with Crippen molar-refractivity contribution < 1.29 is 32.8 Å². The Morgan fingerprint density at radius 3 is 2.31 bits per heavy atom. The number of alkyl halides is 3. The zero-order valence-corrected chi connectivity index (χ0v) is 14.8. The van der Waals surface area contributed by atoms with Crippen LogP contribution in [0, 0.1) is 10.1 Å². The molecule has 1 unspecified atom stereocenters. The SMILES string of the molecule is CC(=O)C1=C(O)C(=O)N(c2cccc(C(F)(F)F)c2)C1c1ccc([N+](=O)[O-])cc1. The van der Waals surface area contributed by atoms with Gasteiger partial charge >= 0.3 is 6.18 Å². The summed E-state index contributed by atoms with van der Waals surface area (Å²) in [6, 6.07) is 7.48. The molecule has 29 heavy (non-hydrogen) atoms. The van der Waals surface area contributed by atoms with E-state index in [-0.39, 0.29) is 22.5 Å². The summed E-state index contributed by atoms with van der Waals surface area (Å²) in [5.41, 5.74) is -1.53. The highest BCUT2D eigenvalue weighted by Crippen LogP contribution is 2.42. The third-order valence-electron chi connectivity index (χ3n) is 4.46. The van der Waals surface area contributed by atoms with Gasteiger partial charge in [0.05, 0.1) is 22.1 Å². The molecule has 1 atom stereocenters. The van der Waals surface area contributed by atoms with E-state index in [0.29, 0.717) is 0 Å². The third-order valence-corrected chi connectivity index (χ3v) is 4.46. The van der Waals surface area contributed by atoms with Crippen molar-refractivity contribution in [2.75, 3.05) is 4.90 Å². The number of hydrogen-bond donors (Lipinski definition) is 1. The number of ketones is 1. The molecule has 0 spiro atoms. The molecule has 1 aliphatic rings. The molecule has 2 aromatic rings. The van der Waals surface area contributed by atoms with Gasteiger partial charge in [0.2, 0.25) is 0 Å². The smallest absolute Gasteiger partial charge is 0.416 e. The molecule has 1 amide bonds. The van der Waals surface area contributed by atoms with Crippen LogP contribution in [0.1, 0.15) is 24.1 Å². The summed E-state index contributed by atoms with van der Waals surface area (Å²) < 4.78 is 39.3. The minimum absolute atomic E-state index is 0.184. The number of aliphatic hydroxyl groups excluding tert-OH is 1. The van der Waals surface area contributed by atoms with Gasteiger partial charge in [0.15, 0.2) is 11.5 Å². The zero-order chi connectivity index (χ0) is 21.5. The number of benzene rings is 2. The Morgan fingerprint density at radius 2 is 1.79 bits per heavy atom. The minimum atomic E-state index is -4.67. The lowest BCUT2D eigenvalue weighted by atomic mass is 9.96. The quantitative estimate of drug-likeness (QED) is 0.609. The van der Waals surface area contributed by atoms with Gasteiger partial charge in [-0.3, -0.25) is 24.6 Å². The molecule has 1 aliphatic heterocycles. The Hall–Kier alpha value is -3.69. The van der Waals surface area contributed by atoms with Crippen molar-refractivity contribution in [3.05, 3.63) is 81.1 Å². The Kier molecular flexibility index (Phi) is 4.87. The van der Waals surface area contributed by atoms with Crippen molar-refractivity contribution >= 4 is 23.1 Å². The van der Waals surface area contributed by atoms with Crippen LogP contribution >= 0.6 is 0 Å². The summed E-state index contributed by atoms with van der Waals surface area (Å²) in [6.07, 6.45) is -4.67. The van der Waals surface area contributed by atoms with Gasteiger partial charge in [-0.25, -0.2) is 0 Å². The van der Waals surface area contributed by atoms with Gasteiger partial charge in [-0.1, -0.05) is 6.07 Å². The van der Waals surface area contributed by atoms with E-state index in [1.165, 1.54) is 18.2 Å². The molecule has 0 aliphatic carbocycles. The van der Waals surface area contributed by atoms with Crippen molar-refractivity contribution in [1.29, 1.82) is 0 Å². The van der Waals surface area contributed by atoms with E-state index in [1.807, 2.05) is 0 Å². The molecule has 3 rings (SSSR count). The summed E-state index contributed by atoms with van der Waals surface area (Å²) in [6.45, 7) is 1.10. The maximum Gasteiger partial charge on any atom is 0.416 e. The largest absolute Gasteiger partial charge is 0.503 e. The number of carbonyl (C=O) groups excluding carboxylic acids is 2. The van der Waals surface area contributed by atoms with Crippen molar-refractivity contribution in [3.63, 3.8) is 0 Å². The Balaban J connectivity index is 2.16. The maximum absolute atomic E-state index is 13.1. The second kappa shape index (κ2) is 7.04. The first-order valence-electron chi connectivity index (χ1n) is 8.21. The zero-order valence-electron chi connectivity index (χ0n) is 14.8. The standard InChI is InChI=1S/C19H13F3N2O5/c1-10(25)15-16(11-5-7-13(8-6-11)24(28)29)23(18(27)17(15)26)14-4-2-3-12(9-14)19(20,21)22/h2-9,16,26H,1H3. The highest BCUT2D eigenvalue weighted by atomic mass is 19.4. The van der Waals surface area contributed by atoms with Crippen LogP contribution in [-0.4, -0.2) is 21.7 Å². The Morgan fingerprint density at radius 1 is 1.17 bits per heavy atom. The second-order valence-corrected chi connectivity index (χ2v) is 6.29. The van der Waals surface area contributed by atoms with E-state index in [0.717, 1.165) is 42.2 Å². The second-order valence-electron chi connectivity index (χ2n) is 6.29. The van der Waals surface area contributed by atoms with Gasteiger partial charge in [-0.15, -0.1) is 0 Å². The highest BCUT2D eigenvalue weighted by Gasteiger charge is 2.44. The maximum atomic E-state index is 13.1. The van der Waals surface area contributed by atoms with Crippen LogP contribution in [0.2, 0.25) is 0 Å². The topological polar surface area (TPSA) is 101 Å². The third kappa shape index (κ3) is 3.56. The van der Waals surface area contributed by atoms with Crippen molar-refractivity contribution in [3.8, 4) is 0 Å². The van der Waals surface area contributed by atoms with Gasteiger partial charge in [0, 0.05) is 17.8 Å². The fraction of sp³-hybridized carbons (Fsp3) is 0.158. The van der Waals surface area contributed by atoms with Crippen LogP contribution in [0.4, 0.5) is 24.5 Å². The van der Waals surface area contributed by atoms with Crippen molar-refractivity contribution in [1.82, 2.24) is 0 Å². The minimum Gasteiger partial charge on any atom is -0.503 e. The van der Waals surface area contributed by atoms with Gasteiger partial charge < -0.3 is 5.11 Å². The Bertz CT molecular complexity index is 1040. The van der Waals surface area contributed by atoms with E-state index in [4.69, 9.17) is 0 Å². The average molecular weight is 406 g/mol. The number of carbonyl (C=O) groups is 2. The van der Waals surface area contributed by atoms with Crippen LogP contribution in [0.5, 0.6) is 0 Å².